The Morgan fingerprint density at radius 3 is 1.64 bits per heavy atom. The van der Waals surface area contributed by atoms with Crippen molar-refractivity contribution in [3.05, 3.63) is 33.9 Å². The lowest BCUT2D eigenvalue weighted by Gasteiger charge is -2.22. The molecule has 0 aliphatic carbocycles. The average Bonchev–Trinajstić information content (AvgIpc) is 2.61. The van der Waals surface area contributed by atoms with E-state index in [0.717, 1.165) is 69.8 Å². The van der Waals surface area contributed by atoms with Crippen LogP contribution in [0.25, 0.3) is 0 Å². The summed E-state index contributed by atoms with van der Waals surface area (Å²) in [6.07, 6.45) is 13.2. The van der Waals surface area contributed by atoms with Crippen molar-refractivity contribution >= 4 is 5.97 Å². The Morgan fingerprint density at radius 2 is 1.16 bits per heavy atom. The molecule has 0 atom stereocenters. The van der Waals surface area contributed by atoms with Gasteiger partial charge in [0, 0.05) is 0 Å². The smallest absolute Gasteiger partial charge is 0.335 e. The largest absolute Gasteiger partial charge is 0.478 e. The second kappa shape index (κ2) is 12.1. The highest BCUT2D eigenvalue weighted by atomic mass is 16.4. The van der Waals surface area contributed by atoms with Crippen molar-refractivity contribution in [2.24, 2.45) is 0 Å². The quantitative estimate of drug-likeness (QED) is 0.428. The molecular formula is C23H38O2. The third-order valence-electron chi connectivity index (χ3n) is 5.13. The molecule has 1 rings (SSSR count). The molecule has 0 unspecified atom stereocenters. The van der Waals surface area contributed by atoms with Crippen LogP contribution in [0.3, 0.4) is 0 Å². The SMILES string of the molecule is CCCCc1cc(C(=O)O)c(CCCC)c(CCCC)c1CCCC. The first-order valence-electron chi connectivity index (χ1n) is 10.5. The van der Waals surface area contributed by atoms with E-state index in [1.807, 2.05) is 6.07 Å². The van der Waals surface area contributed by atoms with E-state index in [0.29, 0.717) is 5.56 Å². The molecule has 0 fully saturated rings. The predicted octanol–water partition coefficient (Wildman–Crippen LogP) is 6.76. The maximum atomic E-state index is 12.0. The summed E-state index contributed by atoms with van der Waals surface area (Å²) in [4.78, 5) is 12.0. The molecule has 1 N–H and O–H groups in total. The monoisotopic (exact) mass is 346 g/mol. The van der Waals surface area contributed by atoms with Gasteiger partial charge in [0.15, 0.2) is 0 Å². The fraction of sp³-hybridized carbons (Fsp3) is 0.696. The minimum absolute atomic E-state index is 0.575. The Morgan fingerprint density at radius 1 is 0.720 bits per heavy atom. The number of hydrogen-bond donors (Lipinski definition) is 1. The first kappa shape index (κ1) is 21.7. The van der Waals surface area contributed by atoms with Crippen LogP contribution < -0.4 is 0 Å². The third kappa shape index (κ3) is 6.49. The van der Waals surface area contributed by atoms with Gasteiger partial charge in [-0.25, -0.2) is 4.79 Å². The zero-order valence-corrected chi connectivity index (χ0v) is 16.9. The summed E-state index contributed by atoms with van der Waals surface area (Å²) in [5, 5.41) is 9.83. The molecule has 0 saturated carbocycles. The highest BCUT2D eigenvalue weighted by Crippen LogP contribution is 2.30. The van der Waals surface area contributed by atoms with E-state index in [9.17, 15) is 9.90 Å². The lowest BCUT2D eigenvalue weighted by atomic mass is 9.83. The zero-order chi connectivity index (χ0) is 18.7. The minimum atomic E-state index is -0.747. The van der Waals surface area contributed by atoms with Crippen LogP contribution in [0.4, 0.5) is 0 Å². The first-order valence-corrected chi connectivity index (χ1v) is 10.5. The normalized spacial score (nSPS) is 11.0. The van der Waals surface area contributed by atoms with Crippen LogP contribution in [-0.4, -0.2) is 11.1 Å². The van der Waals surface area contributed by atoms with E-state index >= 15 is 0 Å². The number of aryl methyl sites for hydroxylation is 1. The molecule has 0 amide bonds. The van der Waals surface area contributed by atoms with Gasteiger partial charge >= 0.3 is 5.97 Å². The number of benzene rings is 1. The van der Waals surface area contributed by atoms with Crippen molar-refractivity contribution in [3.63, 3.8) is 0 Å². The van der Waals surface area contributed by atoms with Crippen LogP contribution in [0.5, 0.6) is 0 Å². The molecule has 0 heterocycles. The summed E-state index contributed by atoms with van der Waals surface area (Å²) in [5.74, 6) is -0.747. The Balaban J connectivity index is 3.49. The second-order valence-corrected chi connectivity index (χ2v) is 7.24. The van der Waals surface area contributed by atoms with E-state index in [1.54, 1.807) is 0 Å². The maximum absolute atomic E-state index is 12.0. The van der Waals surface area contributed by atoms with Crippen LogP contribution >= 0.6 is 0 Å². The van der Waals surface area contributed by atoms with Crippen LogP contribution in [0.15, 0.2) is 6.07 Å². The zero-order valence-electron chi connectivity index (χ0n) is 16.9. The van der Waals surface area contributed by atoms with Gasteiger partial charge in [-0.2, -0.15) is 0 Å². The lowest BCUT2D eigenvalue weighted by molar-refractivity contribution is 0.0695. The molecule has 0 saturated heterocycles. The summed E-state index contributed by atoms with van der Waals surface area (Å²) < 4.78 is 0. The van der Waals surface area contributed by atoms with Gasteiger partial charge < -0.3 is 5.11 Å². The topological polar surface area (TPSA) is 37.3 Å². The first-order chi connectivity index (χ1) is 12.1. The van der Waals surface area contributed by atoms with Crippen LogP contribution in [0.1, 0.15) is 112 Å². The molecule has 25 heavy (non-hydrogen) atoms. The van der Waals surface area contributed by atoms with Gasteiger partial charge in [0.2, 0.25) is 0 Å². The van der Waals surface area contributed by atoms with Crippen molar-refractivity contribution in [1.82, 2.24) is 0 Å². The van der Waals surface area contributed by atoms with Crippen molar-refractivity contribution in [2.75, 3.05) is 0 Å². The van der Waals surface area contributed by atoms with E-state index in [-0.39, 0.29) is 0 Å². The summed E-state index contributed by atoms with van der Waals surface area (Å²) in [7, 11) is 0. The van der Waals surface area contributed by atoms with Crippen molar-refractivity contribution in [2.45, 2.75) is 105 Å². The minimum Gasteiger partial charge on any atom is -0.478 e. The number of aromatic carboxylic acids is 1. The van der Waals surface area contributed by atoms with Crippen molar-refractivity contribution < 1.29 is 9.90 Å². The number of unbranched alkanes of at least 4 members (excludes halogenated alkanes) is 4. The van der Waals surface area contributed by atoms with Crippen LogP contribution in [0.2, 0.25) is 0 Å². The summed E-state index contributed by atoms with van der Waals surface area (Å²) >= 11 is 0. The molecule has 0 aliphatic rings. The summed E-state index contributed by atoms with van der Waals surface area (Å²) in [6, 6.07) is 2.02. The number of carboxylic acid groups (broad SMARTS) is 1. The fourth-order valence-corrected chi connectivity index (χ4v) is 3.63. The van der Waals surface area contributed by atoms with Gasteiger partial charge in [0.05, 0.1) is 5.56 Å². The molecule has 2 heteroatoms. The summed E-state index contributed by atoms with van der Waals surface area (Å²) in [6.45, 7) is 8.84. The van der Waals surface area contributed by atoms with Gasteiger partial charge in [-0.05, 0) is 79.7 Å². The Bertz CT molecular complexity index is 531. The van der Waals surface area contributed by atoms with Gasteiger partial charge in [-0.15, -0.1) is 0 Å². The van der Waals surface area contributed by atoms with Crippen LogP contribution in [0, 0.1) is 0 Å². The van der Waals surface area contributed by atoms with E-state index in [4.69, 9.17) is 0 Å². The summed E-state index contributed by atoms with van der Waals surface area (Å²) in [5.41, 5.74) is 5.88. The molecule has 0 spiro atoms. The standard InChI is InChI=1S/C23H38O2/c1-5-9-13-18-17-22(23(24)25)21(16-12-8-4)20(15-11-7-3)19(18)14-10-6-2/h17H,5-16H2,1-4H3,(H,24,25). The molecule has 2 nitrogen and oxygen atoms in total. The molecule has 0 radical (unpaired) electrons. The predicted molar refractivity (Wildman–Crippen MR) is 108 cm³/mol. The highest BCUT2D eigenvalue weighted by Gasteiger charge is 2.20. The number of carboxylic acids is 1. The van der Waals surface area contributed by atoms with Gasteiger partial charge in [0.1, 0.15) is 0 Å². The number of carbonyl (C=O) groups is 1. The molecule has 0 bridgehead atoms. The van der Waals surface area contributed by atoms with E-state index < -0.39 is 5.97 Å². The molecule has 1 aromatic rings. The Labute approximate surface area is 155 Å². The molecule has 1 aromatic carbocycles. The van der Waals surface area contributed by atoms with Crippen LogP contribution in [-0.2, 0) is 25.7 Å². The number of hydrogen-bond acceptors (Lipinski definition) is 1. The van der Waals surface area contributed by atoms with E-state index in [1.165, 1.54) is 29.5 Å². The Kier molecular flexibility index (Phi) is 10.5. The van der Waals surface area contributed by atoms with E-state index in [2.05, 4.69) is 27.7 Å². The molecule has 0 aliphatic heterocycles. The van der Waals surface area contributed by atoms with Gasteiger partial charge in [-0.3, -0.25) is 0 Å². The third-order valence-corrected chi connectivity index (χ3v) is 5.13. The van der Waals surface area contributed by atoms with Gasteiger partial charge in [-0.1, -0.05) is 53.4 Å². The lowest BCUT2D eigenvalue weighted by Crippen LogP contribution is -2.13. The van der Waals surface area contributed by atoms with Crippen molar-refractivity contribution in [3.8, 4) is 0 Å². The maximum Gasteiger partial charge on any atom is 0.335 e. The van der Waals surface area contributed by atoms with Crippen molar-refractivity contribution in [1.29, 1.82) is 0 Å². The average molecular weight is 347 g/mol. The Hall–Kier alpha value is -1.31. The van der Waals surface area contributed by atoms with Gasteiger partial charge in [0.25, 0.3) is 0 Å². The molecular weight excluding hydrogens is 308 g/mol. The second-order valence-electron chi connectivity index (χ2n) is 7.24. The number of rotatable bonds is 13. The fourth-order valence-electron chi connectivity index (χ4n) is 3.63. The highest BCUT2D eigenvalue weighted by molar-refractivity contribution is 5.90. The molecule has 142 valence electrons. The molecule has 0 aromatic heterocycles.